The summed E-state index contributed by atoms with van der Waals surface area (Å²) in [6.07, 6.45) is 2.54. The summed E-state index contributed by atoms with van der Waals surface area (Å²) < 4.78 is 10.7. The molecule has 196 valence electrons. The first-order chi connectivity index (χ1) is 18.5. The Bertz CT molecular complexity index is 1390. The summed E-state index contributed by atoms with van der Waals surface area (Å²) in [6, 6.07) is 12.7. The van der Waals surface area contributed by atoms with Crippen LogP contribution in [0.3, 0.4) is 0 Å². The molecule has 1 aliphatic carbocycles. The number of amides is 2. The normalized spacial score (nSPS) is 18.2. The lowest BCUT2D eigenvalue weighted by Gasteiger charge is -2.38. The molecule has 1 unspecified atom stereocenters. The van der Waals surface area contributed by atoms with Crippen molar-refractivity contribution in [2.75, 3.05) is 43.2 Å². The molecule has 3 aromatic rings. The summed E-state index contributed by atoms with van der Waals surface area (Å²) in [4.78, 5) is 47.9. The average Bonchev–Trinajstić information content (AvgIpc) is 3.58. The molecule has 3 heterocycles. The van der Waals surface area contributed by atoms with Crippen LogP contribution in [0.5, 0.6) is 11.5 Å². The smallest absolute Gasteiger partial charge is 0.257 e. The van der Waals surface area contributed by atoms with Gasteiger partial charge in [-0.15, -0.1) is 11.3 Å². The van der Waals surface area contributed by atoms with Crippen molar-refractivity contribution >= 4 is 39.8 Å². The molecule has 1 N–H and O–H groups in total. The van der Waals surface area contributed by atoms with Crippen molar-refractivity contribution in [1.29, 1.82) is 0 Å². The quantitative estimate of drug-likeness (QED) is 0.494. The molecular weight excluding hydrogens is 504 g/mol. The van der Waals surface area contributed by atoms with E-state index in [2.05, 4.69) is 10.2 Å². The Morgan fingerprint density at radius 2 is 1.71 bits per heavy atom. The molecule has 0 radical (unpaired) electrons. The molecule has 1 atom stereocenters. The van der Waals surface area contributed by atoms with Crippen LogP contribution in [-0.4, -0.2) is 60.5 Å². The van der Waals surface area contributed by atoms with Gasteiger partial charge in [0.25, 0.3) is 5.91 Å². The van der Waals surface area contributed by atoms with Crippen molar-refractivity contribution in [2.24, 2.45) is 0 Å². The highest BCUT2D eigenvalue weighted by molar-refractivity contribution is 7.16. The van der Waals surface area contributed by atoms with Gasteiger partial charge in [0.1, 0.15) is 0 Å². The van der Waals surface area contributed by atoms with E-state index in [-0.39, 0.29) is 30.3 Å². The number of benzene rings is 2. The van der Waals surface area contributed by atoms with Crippen molar-refractivity contribution in [2.45, 2.75) is 32.1 Å². The van der Waals surface area contributed by atoms with Crippen molar-refractivity contribution in [3.8, 4) is 11.5 Å². The number of piperazine rings is 1. The van der Waals surface area contributed by atoms with E-state index in [0.717, 1.165) is 48.6 Å². The number of aryl methyl sites for hydroxylation is 1. The number of thiazole rings is 1. The van der Waals surface area contributed by atoms with Gasteiger partial charge >= 0.3 is 0 Å². The SMILES string of the molecule is CC(=O)c1ccc(N2CCN(C(=O)C3CCCc4sc(NC(=O)c5ccc6c(c5)OCO6)nc43)CC2)cc1. The van der Waals surface area contributed by atoms with Crippen LogP contribution in [-0.2, 0) is 11.2 Å². The van der Waals surface area contributed by atoms with E-state index >= 15 is 0 Å². The van der Waals surface area contributed by atoms with Crippen LogP contribution in [0.4, 0.5) is 10.8 Å². The molecule has 9 nitrogen and oxygen atoms in total. The Hall–Kier alpha value is -3.92. The van der Waals surface area contributed by atoms with Gasteiger partial charge in [0, 0.05) is 47.9 Å². The summed E-state index contributed by atoms with van der Waals surface area (Å²) in [6.45, 7) is 4.46. The molecular formula is C28H28N4O5S. The lowest BCUT2D eigenvalue weighted by Crippen LogP contribution is -2.50. The summed E-state index contributed by atoms with van der Waals surface area (Å²) >= 11 is 1.45. The zero-order chi connectivity index (χ0) is 26.2. The maximum atomic E-state index is 13.6. The number of carbonyl (C=O) groups excluding carboxylic acids is 3. The minimum absolute atomic E-state index is 0.0523. The lowest BCUT2D eigenvalue weighted by atomic mass is 9.89. The van der Waals surface area contributed by atoms with Gasteiger partial charge in [-0.05, 0) is 68.7 Å². The molecule has 1 fully saturated rings. The van der Waals surface area contributed by atoms with E-state index in [0.29, 0.717) is 40.8 Å². The molecule has 2 aromatic carbocycles. The van der Waals surface area contributed by atoms with Gasteiger partial charge in [-0.3, -0.25) is 19.7 Å². The molecule has 0 saturated carbocycles. The van der Waals surface area contributed by atoms with Crippen LogP contribution < -0.4 is 19.7 Å². The molecule has 0 bridgehead atoms. The van der Waals surface area contributed by atoms with Gasteiger partial charge in [-0.1, -0.05) is 0 Å². The fourth-order valence-electron chi connectivity index (χ4n) is 5.23. The third-order valence-corrected chi connectivity index (χ3v) is 8.38. The second-order valence-corrected chi connectivity index (χ2v) is 10.8. The predicted octanol–water partition coefficient (Wildman–Crippen LogP) is 4.10. The number of ketones is 1. The second-order valence-electron chi connectivity index (χ2n) is 9.71. The topological polar surface area (TPSA) is 101 Å². The van der Waals surface area contributed by atoms with Crippen LogP contribution >= 0.6 is 11.3 Å². The van der Waals surface area contributed by atoms with Gasteiger partial charge < -0.3 is 19.3 Å². The minimum Gasteiger partial charge on any atom is -0.454 e. The number of hydrogen-bond acceptors (Lipinski definition) is 8. The van der Waals surface area contributed by atoms with Gasteiger partial charge in [-0.25, -0.2) is 4.98 Å². The molecule has 6 rings (SSSR count). The highest BCUT2D eigenvalue weighted by Crippen LogP contribution is 2.38. The Balaban J connectivity index is 1.10. The molecule has 3 aliphatic rings. The molecule has 10 heteroatoms. The first-order valence-corrected chi connectivity index (χ1v) is 13.6. The predicted molar refractivity (Wildman–Crippen MR) is 144 cm³/mol. The van der Waals surface area contributed by atoms with Crippen LogP contribution in [0.15, 0.2) is 42.5 Å². The van der Waals surface area contributed by atoms with Crippen molar-refractivity contribution in [3.05, 3.63) is 64.2 Å². The number of nitrogens with one attached hydrogen (secondary N) is 1. The molecule has 0 spiro atoms. The molecule has 2 aliphatic heterocycles. The third-order valence-electron chi connectivity index (χ3n) is 7.34. The van der Waals surface area contributed by atoms with Crippen molar-refractivity contribution in [1.82, 2.24) is 9.88 Å². The van der Waals surface area contributed by atoms with E-state index in [1.165, 1.54) is 11.3 Å². The second kappa shape index (κ2) is 10.1. The number of nitrogens with zero attached hydrogens (tertiary/aromatic N) is 3. The Morgan fingerprint density at radius 3 is 2.47 bits per heavy atom. The number of Topliss-reactive ketones (excluding diaryl/α,β-unsaturated/α-hetero) is 1. The Morgan fingerprint density at radius 1 is 0.974 bits per heavy atom. The van der Waals surface area contributed by atoms with Crippen molar-refractivity contribution < 1.29 is 23.9 Å². The maximum absolute atomic E-state index is 13.6. The first-order valence-electron chi connectivity index (χ1n) is 12.8. The average molecular weight is 533 g/mol. The number of hydrogen-bond donors (Lipinski definition) is 1. The molecule has 2 amide bonds. The zero-order valence-electron chi connectivity index (χ0n) is 21.1. The number of anilines is 2. The van der Waals surface area contributed by atoms with Crippen LogP contribution in [0.25, 0.3) is 0 Å². The number of aromatic nitrogens is 1. The summed E-state index contributed by atoms with van der Waals surface area (Å²) in [5.74, 6) is 0.777. The van der Waals surface area contributed by atoms with E-state index in [1.54, 1.807) is 25.1 Å². The van der Waals surface area contributed by atoms with Crippen LogP contribution in [0.1, 0.15) is 57.0 Å². The Kier molecular flexibility index (Phi) is 6.49. The van der Waals surface area contributed by atoms with Gasteiger partial charge in [0.15, 0.2) is 22.4 Å². The first kappa shape index (κ1) is 24.4. The lowest BCUT2D eigenvalue weighted by molar-refractivity contribution is -0.133. The van der Waals surface area contributed by atoms with E-state index in [9.17, 15) is 14.4 Å². The number of rotatable bonds is 5. The van der Waals surface area contributed by atoms with E-state index in [4.69, 9.17) is 14.5 Å². The largest absolute Gasteiger partial charge is 0.454 e. The van der Waals surface area contributed by atoms with Gasteiger partial charge in [0.2, 0.25) is 12.7 Å². The fraction of sp³-hybridized carbons (Fsp3) is 0.357. The summed E-state index contributed by atoms with van der Waals surface area (Å²) in [5.41, 5.74) is 3.02. The summed E-state index contributed by atoms with van der Waals surface area (Å²) in [5, 5.41) is 3.41. The third kappa shape index (κ3) is 4.71. The number of carbonyl (C=O) groups is 3. The molecule has 38 heavy (non-hydrogen) atoms. The highest BCUT2D eigenvalue weighted by Gasteiger charge is 2.34. The highest BCUT2D eigenvalue weighted by atomic mass is 32.1. The molecule has 1 saturated heterocycles. The van der Waals surface area contributed by atoms with Crippen molar-refractivity contribution in [3.63, 3.8) is 0 Å². The molecule has 1 aromatic heterocycles. The number of fused-ring (bicyclic) bond motifs is 2. The minimum atomic E-state index is -0.285. The fourth-order valence-corrected chi connectivity index (χ4v) is 6.29. The van der Waals surface area contributed by atoms with Gasteiger partial charge in [-0.2, -0.15) is 0 Å². The summed E-state index contributed by atoms with van der Waals surface area (Å²) in [7, 11) is 0. The Labute approximate surface area is 224 Å². The zero-order valence-corrected chi connectivity index (χ0v) is 21.9. The van der Waals surface area contributed by atoms with E-state index in [1.807, 2.05) is 29.2 Å². The number of ether oxygens (including phenoxy) is 2. The van der Waals surface area contributed by atoms with Gasteiger partial charge in [0.05, 0.1) is 11.6 Å². The van der Waals surface area contributed by atoms with Crippen LogP contribution in [0, 0.1) is 0 Å². The standard InChI is InChI=1S/C28H28N4O5S/c1-17(33)18-5-8-20(9-6-18)31-11-13-32(14-12-31)27(35)21-3-2-4-24-25(21)29-28(38-24)30-26(34)19-7-10-22-23(15-19)37-16-36-22/h5-10,15,21H,2-4,11-14,16H2,1H3,(H,29,30,34). The van der Waals surface area contributed by atoms with E-state index < -0.39 is 0 Å². The monoisotopic (exact) mass is 532 g/mol. The van der Waals surface area contributed by atoms with Crippen LogP contribution in [0.2, 0.25) is 0 Å². The maximum Gasteiger partial charge on any atom is 0.257 e.